The first-order valence-electron chi connectivity index (χ1n) is 5.99. The van der Waals surface area contributed by atoms with Crippen LogP contribution in [-0.4, -0.2) is 25.6 Å². The van der Waals surface area contributed by atoms with E-state index < -0.39 is 10.0 Å². The normalized spacial score (nSPS) is 11.6. The highest BCUT2D eigenvalue weighted by Gasteiger charge is 2.17. The summed E-state index contributed by atoms with van der Waals surface area (Å²) in [6.45, 7) is 3.65. The Bertz CT molecular complexity index is 690. The molecule has 0 fully saturated rings. The highest BCUT2D eigenvalue weighted by molar-refractivity contribution is 7.89. The molecule has 2 N–H and O–H groups in total. The third-order valence-electron chi connectivity index (χ3n) is 2.92. The van der Waals surface area contributed by atoms with Crippen LogP contribution in [0.25, 0.3) is 0 Å². The molecule has 0 aliphatic heterocycles. The van der Waals surface area contributed by atoms with Crippen LogP contribution in [0.15, 0.2) is 27.7 Å². The lowest BCUT2D eigenvalue weighted by Gasteiger charge is -2.07. The van der Waals surface area contributed by atoms with Crippen molar-refractivity contribution in [3.05, 3.63) is 35.3 Å². The third kappa shape index (κ3) is 2.97. The van der Waals surface area contributed by atoms with Crippen LogP contribution in [0.4, 0.5) is 5.82 Å². The Morgan fingerprint density at radius 3 is 2.70 bits per heavy atom. The molecule has 0 bridgehead atoms. The molecule has 2 aromatic rings. The fourth-order valence-corrected chi connectivity index (χ4v) is 2.73. The lowest BCUT2D eigenvalue weighted by molar-refractivity contribution is 0.392. The number of nitrogens with zero attached hydrogens (tertiary/aromatic N) is 2. The standard InChI is InChI=1S/C12H16N4O3S/c1-8-11(9(2)19-16-8)7-15-20(17,18)10-4-5-14-12(6-10)13-3/h4-6,15H,7H2,1-3H3,(H,13,14). The molecule has 20 heavy (non-hydrogen) atoms. The molecule has 0 aliphatic rings. The fraction of sp³-hybridized carbons (Fsp3) is 0.333. The number of nitrogens with one attached hydrogen (secondary N) is 2. The van der Waals surface area contributed by atoms with E-state index in [1.807, 2.05) is 0 Å². The van der Waals surface area contributed by atoms with Crippen molar-refractivity contribution in [2.24, 2.45) is 0 Å². The molecule has 0 saturated carbocycles. The molecule has 108 valence electrons. The van der Waals surface area contributed by atoms with Gasteiger partial charge in [-0.25, -0.2) is 18.1 Å². The molecule has 0 aliphatic carbocycles. The summed E-state index contributed by atoms with van der Waals surface area (Å²) in [6.07, 6.45) is 1.44. The number of rotatable bonds is 5. The third-order valence-corrected chi connectivity index (χ3v) is 4.32. The Hall–Kier alpha value is -1.93. The Morgan fingerprint density at radius 2 is 2.10 bits per heavy atom. The Kier molecular flexibility index (Phi) is 4.05. The summed E-state index contributed by atoms with van der Waals surface area (Å²) in [5.74, 6) is 1.10. The van der Waals surface area contributed by atoms with Crippen molar-refractivity contribution < 1.29 is 12.9 Å². The Morgan fingerprint density at radius 1 is 1.35 bits per heavy atom. The number of hydrogen-bond donors (Lipinski definition) is 2. The summed E-state index contributed by atoms with van der Waals surface area (Å²) < 4.78 is 31.9. The number of pyridine rings is 1. The van der Waals surface area contributed by atoms with Gasteiger partial charge in [0.25, 0.3) is 0 Å². The van der Waals surface area contributed by atoms with E-state index in [9.17, 15) is 8.42 Å². The van der Waals surface area contributed by atoms with Gasteiger partial charge in [-0.05, 0) is 19.9 Å². The molecule has 2 heterocycles. The van der Waals surface area contributed by atoms with E-state index in [2.05, 4.69) is 20.2 Å². The minimum Gasteiger partial charge on any atom is -0.373 e. The second-order valence-corrected chi connectivity index (χ2v) is 6.02. The lowest BCUT2D eigenvalue weighted by Crippen LogP contribution is -2.23. The smallest absolute Gasteiger partial charge is 0.241 e. The van der Waals surface area contributed by atoms with Gasteiger partial charge in [0.05, 0.1) is 10.6 Å². The first-order chi connectivity index (χ1) is 9.44. The van der Waals surface area contributed by atoms with Gasteiger partial charge >= 0.3 is 0 Å². The second kappa shape index (κ2) is 5.59. The molecule has 7 nitrogen and oxygen atoms in total. The maximum Gasteiger partial charge on any atom is 0.241 e. The average molecular weight is 296 g/mol. The minimum atomic E-state index is -3.60. The van der Waals surface area contributed by atoms with Gasteiger partial charge in [0.2, 0.25) is 10.0 Å². The summed E-state index contributed by atoms with van der Waals surface area (Å²) >= 11 is 0. The molecular formula is C12H16N4O3S. The van der Waals surface area contributed by atoms with Gasteiger partial charge in [0.15, 0.2) is 0 Å². The summed E-state index contributed by atoms with van der Waals surface area (Å²) in [5.41, 5.74) is 1.42. The van der Waals surface area contributed by atoms with Crippen LogP contribution >= 0.6 is 0 Å². The zero-order chi connectivity index (χ0) is 14.8. The highest BCUT2D eigenvalue weighted by atomic mass is 32.2. The molecular weight excluding hydrogens is 280 g/mol. The monoisotopic (exact) mass is 296 g/mol. The largest absolute Gasteiger partial charge is 0.373 e. The molecule has 0 spiro atoms. The van der Waals surface area contributed by atoms with Crippen LogP contribution in [-0.2, 0) is 16.6 Å². The van der Waals surface area contributed by atoms with Gasteiger partial charge in [-0.3, -0.25) is 0 Å². The van der Waals surface area contributed by atoms with Crippen molar-refractivity contribution in [2.45, 2.75) is 25.3 Å². The van der Waals surface area contributed by atoms with Crippen molar-refractivity contribution >= 4 is 15.8 Å². The molecule has 0 unspecified atom stereocenters. The van der Waals surface area contributed by atoms with Crippen LogP contribution in [0.3, 0.4) is 0 Å². The van der Waals surface area contributed by atoms with Gasteiger partial charge in [0.1, 0.15) is 11.6 Å². The quantitative estimate of drug-likeness (QED) is 0.860. The van der Waals surface area contributed by atoms with E-state index in [-0.39, 0.29) is 11.4 Å². The summed E-state index contributed by atoms with van der Waals surface area (Å²) in [7, 11) is -1.93. The predicted octanol–water partition coefficient (Wildman–Crippen LogP) is 1.21. The van der Waals surface area contributed by atoms with Crippen LogP contribution in [0, 0.1) is 13.8 Å². The van der Waals surface area contributed by atoms with Crippen molar-refractivity contribution in [2.75, 3.05) is 12.4 Å². The van der Waals surface area contributed by atoms with E-state index in [4.69, 9.17) is 4.52 Å². The zero-order valence-electron chi connectivity index (χ0n) is 11.5. The van der Waals surface area contributed by atoms with Crippen molar-refractivity contribution in [3.8, 4) is 0 Å². The van der Waals surface area contributed by atoms with Gasteiger partial charge in [-0.15, -0.1) is 0 Å². The number of hydrogen-bond acceptors (Lipinski definition) is 6. The molecule has 0 atom stereocenters. The van der Waals surface area contributed by atoms with Crippen LogP contribution in [0.2, 0.25) is 0 Å². The van der Waals surface area contributed by atoms with Crippen LogP contribution in [0.1, 0.15) is 17.0 Å². The highest BCUT2D eigenvalue weighted by Crippen LogP contribution is 2.15. The van der Waals surface area contributed by atoms with Gasteiger partial charge in [-0.1, -0.05) is 5.16 Å². The number of aryl methyl sites for hydroxylation is 2. The number of aromatic nitrogens is 2. The van der Waals surface area contributed by atoms with Gasteiger partial charge < -0.3 is 9.84 Å². The first-order valence-corrected chi connectivity index (χ1v) is 7.47. The molecule has 8 heteroatoms. The SMILES string of the molecule is CNc1cc(S(=O)(=O)NCc2c(C)noc2C)ccn1. The van der Waals surface area contributed by atoms with Crippen molar-refractivity contribution in [1.29, 1.82) is 0 Å². The zero-order valence-corrected chi connectivity index (χ0v) is 12.3. The maximum atomic E-state index is 12.2. The van der Waals surface area contributed by atoms with Gasteiger partial charge in [-0.2, -0.15) is 0 Å². The fourth-order valence-electron chi connectivity index (χ4n) is 1.72. The van der Waals surface area contributed by atoms with Crippen molar-refractivity contribution in [1.82, 2.24) is 14.9 Å². The Balaban J connectivity index is 2.19. The van der Waals surface area contributed by atoms with E-state index in [0.717, 1.165) is 5.56 Å². The summed E-state index contributed by atoms with van der Waals surface area (Å²) in [5, 5.41) is 6.59. The van der Waals surface area contributed by atoms with E-state index in [0.29, 0.717) is 17.3 Å². The van der Waals surface area contributed by atoms with E-state index in [1.165, 1.54) is 18.3 Å². The first kappa shape index (κ1) is 14.5. The lowest BCUT2D eigenvalue weighted by atomic mass is 10.2. The van der Waals surface area contributed by atoms with E-state index >= 15 is 0 Å². The summed E-state index contributed by atoms with van der Waals surface area (Å²) in [4.78, 5) is 4.14. The molecule has 0 aromatic carbocycles. The van der Waals surface area contributed by atoms with Crippen molar-refractivity contribution in [3.63, 3.8) is 0 Å². The summed E-state index contributed by atoms with van der Waals surface area (Å²) in [6, 6.07) is 2.91. The molecule has 0 saturated heterocycles. The average Bonchev–Trinajstić information content (AvgIpc) is 2.76. The van der Waals surface area contributed by atoms with Crippen LogP contribution in [0.5, 0.6) is 0 Å². The van der Waals surface area contributed by atoms with E-state index in [1.54, 1.807) is 20.9 Å². The second-order valence-electron chi connectivity index (χ2n) is 4.25. The number of sulfonamides is 1. The predicted molar refractivity (Wildman–Crippen MR) is 73.8 cm³/mol. The topological polar surface area (TPSA) is 97.1 Å². The molecule has 0 radical (unpaired) electrons. The molecule has 0 amide bonds. The molecule has 2 aromatic heterocycles. The van der Waals surface area contributed by atoms with Crippen LogP contribution < -0.4 is 10.0 Å². The molecule has 2 rings (SSSR count). The maximum absolute atomic E-state index is 12.2. The minimum absolute atomic E-state index is 0.140. The Labute approximate surface area is 117 Å². The number of anilines is 1. The van der Waals surface area contributed by atoms with Gasteiger partial charge in [0, 0.05) is 31.4 Å².